The summed E-state index contributed by atoms with van der Waals surface area (Å²) in [6, 6.07) is -60.0. The van der Waals surface area contributed by atoms with Crippen LogP contribution in [0.2, 0.25) is 0 Å². The van der Waals surface area contributed by atoms with Gasteiger partial charge in [-0.2, -0.15) is 0 Å². The first-order chi connectivity index (χ1) is 82.0. The van der Waals surface area contributed by atoms with E-state index in [-0.39, 0.29) is 11.1 Å². The van der Waals surface area contributed by atoms with Crippen LogP contribution >= 0.6 is 11.3 Å². The van der Waals surface area contributed by atoms with Gasteiger partial charge in [-0.05, 0) is 122 Å². The zero-order chi connectivity index (χ0) is 131. The Morgan fingerprint density at radius 3 is 0.973 bits per heavy atom. The van der Waals surface area contributed by atoms with Gasteiger partial charge in [0.1, 0.15) is 11.2 Å². The van der Waals surface area contributed by atoms with Gasteiger partial charge in [-0.1, -0.05) is 362 Å². The van der Waals surface area contributed by atoms with Crippen molar-refractivity contribution >= 4 is 53.4 Å². The lowest BCUT2D eigenvalue weighted by atomic mass is 9.95. The van der Waals surface area contributed by atoms with Gasteiger partial charge in [0, 0.05) is 81.0 Å². The number of hydrogen-bond acceptors (Lipinski definition) is 8. The fourth-order valence-electron chi connectivity index (χ4n) is 11.1. The first-order valence-electron chi connectivity index (χ1n) is 64.5. The van der Waals surface area contributed by atoms with Crippen LogP contribution in [0.4, 0.5) is 0 Å². The second-order valence-electron chi connectivity index (χ2n) is 23.1. The molecule has 0 N–H and O–H groups in total. The van der Waals surface area contributed by atoms with Crippen molar-refractivity contribution in [2.75, 3.05) is 0 Å². The molecule has 0 radical (unpaired) electrons. The predicted octanol–water partition coefficient (Wildman–Crippen LogP) is 28.0. The topological polar surface area (TPSA) is 90.5 Å². The van der Waals surface area contributed by atoms with Crippen molar-refractivity contribution in [3.8, 4) is 157 Å². The minimum absolute atomic E-state index is 0.144. The van der Waals surface area contributed by atoms with Crippen LogP contribution in [0, 0.1) is 13.8 Å². The molecule has 528 valence electrons. The highest BCUT2D eigenvalue weighted by Crippen LogP contribution is 2.48. The SMILES string of the molecule is [2H]c1c([2H])c([2H])c(-c2nc(-c3c([2H])c([2H])c(-c4c([2H])c([2H])c([2H])c(C)c4[2H])c([2H])c3[2H])nc(-c3c([2H])c([2H])c([2H])c(-c4c([2H])c([2H])c([2H])c5c4oc4c(-c6c([2H])c([2H])c([2H])c([2H])c6[2H])c([2H])c(-c6c([2H])c([2H])c([2H])c([2H])c6[2H])c([2H])c45)c3[2H])n2)c([2H])c1[2H].[2H]c1c([2H])c([2H])c(-c2nc(-c3c([2H])c([2H])c(-c4c([2H])c([2H])c([2H])c(C)c4[2H])c([2H])c3[2H])nc(-c3c([2H])c([2H])c([2H])c(-c4c([2H])c([2H])c([2H])c5c4sc4c(-c6c([2H])c([2H])c([2H])c([2H])c6[2H])c([2H])c(-c6c([2H])c([2H])c([2H])c([2H])c6[2H])c([2H])c45)c3[2H])n2)c([2H])c1[2H]. The number of nitrogens with zero attached hydrogens (tertiary/aromatic N) is 6. The van der Waals surface area contributed by atoms with Gasteiger partial charge in [-0.3, -0.25) is 0 Å². The van der Waals surface area contributed by atoms with Gasteiger partial charge in [0.2, 0.25) is 0 Å². The predicted molar refractivity (Wildman–Crippen MR) is 465 cm³/mol. The molecule has 0 aliphatic carbocycles. The number of aromatic nitrogens is 6. The number of benzene rings is 16. The average molecular weight is 1520 g/mol. The Labute approximate surface area is 743 Å². The standard InChI is InChI=1S/C52H35N3O.C52H35N3S/c2*1-34-14-11-21-40(30-34)36-26-28-39(29-27-36)51-53-50(38-19-9-4-10-20-38)54-52(55-51)42-23-12-22-41(31-42)44-24-13-25-45-47-33-43(35-15-5-2-6-16-35)32-46(49(47)56-48(44)45)37-17-7-3-8-18-37/h2*2-33H,1H3/i2*2D,3D,4D,5D,6D,7D,8D,9D,10D,11D,12D,13D,14D,15D,16D,17D,18D,19D,20D,21D,22D,23D,24D,25D,26D,27D,28D,29D,30D,31D,32D,33D. The zero-order valence-electron chi connectivity index (χ0n) is 120. The molecule has 0 spiro atoms. The summed E-state index contributed by atoms with van der Waals surface area (Å²) in [6.45, 7) is 2.54. The van der Waals surface area contributed by atoms with E-state index in [2.05, 4.69) is 29.9 Å². The number of hydrogen-bond donors (Lipinski definition) is 0. The molecule has 0 aliphatic rings. The van der Waals surface area contributed by atoms with Crippen molar-refractivity contribution in [1.29, 1.82) is 0 Å². The highest BCUT2D eigenvalue weighted by Gasteiger charge is 2.22. The van der Waals surface area contributed by atoms with Crippen LogP contribution in [-0.2, 0) is 0 Å². The summed E-state index contributed by atoms with van der Waals surface area (Å²) < 4.78 is 576. The number of furan rings is 1. The van der Waals surface area contributed by atoms with Crippen LogP contribution in [0.1, 0.15) is 98.9 Å². The van der Waals surface area contributed by atoms with Crippen molar-refractivity contribution in [1.82, 2.24) is 29.9 Å². The van der Waals surface area contributed by atoms with Gasteiger partial charge >= 0.3 is 0 Å². The van der Waals surface area contributed by atoms with E-state index in [9.17, 15) is 28.8 Å². The van der Waals surface area contributed by atoms with Crippen molar-refractivity contribution in [3.05, 3.63) is 398 Å². The van der Waals surface area contributed by atoms with Crippen LogP contribution in [0.3, 0.4) is 0 Å². The minimum atomic E-state index is -1.14. The molecule has 0 saturated heterocycles. The first kappa shape index (κ1) is 28.2. The summed E-state index contributed by atoms with van der Waals surface area (Å²) in [4.78, 5) is 25.8. The molecule has 7 nitrogen and oxygen atoms in total. The monoisotopic (exact) mass is 1510 g/mol. The maximum absolute atomic E-state index is 9.92. The molecule has 0 aliphatic heterocycles. The summed E-state index contributed by atoms with van der Waals surface area (Å²) in [5.74, 6) is -5.62. The quantitative estimate of drug-likeness (QED) is 0.107. The summed E-state index contributed by atoms with van der Waals surface area (Å²) >= 11 is 0.443. The summed E-state index contributed by atoms with van der Waals surface area (Å²) in [5, 5.41) is -2.45. The zero-order valence-corrected chi connectivity index (χ0v) is 57.3. The molecule has 20 aromatic rings. The smallest absolute Gasteiger partial charge is 0.164 e. The molecule has 20 rings (SSSR count). The molecule has 0 unspecified atom stereocenters. The fourth-order valence-corrected chi connectivity index (χ4v) is 12.4. The van der Waals surface area contributed by atoms with Crippen molar-refractivity contribution in [3.63, 3.8) is 0 Å². The molecule has 0 fully saturated rings. The Balaban J connectivity index is 0.000000214. The lowest BCUT2D eigenvalue weighted by Gasteiger charge is -2.10. The molecule has 0 saturated carbocycles. The molecule has 0 bridgehead atoms. The highest BCUT2D eigenvalue weighted by atomic mass is 32.1. The summed E-state index contributed by atoms with van der Waals surface area (Å²) in [5.41, 5.74) is -19.1. The maximum Gasteiger partial charge on any atom is 0.164 e. The third-order valence-electron chi connectivity index (χ3n) is 16.1. The van der Waals surface area contributed by atoms with Gasteiger partial charge in [0.15, 0.2) is 34.9 Å². The molecule has 4 aromatic heterocycles. The summed E-state index contributed by atoms with van der Waals surface area (Å²) in [7, 11) is 0. The maximum atomic E-state index is 9.92. The van der Waals surface area contributed by atoms with Crippen LogP contribution in [-0.4, -0.2) is 29.9 Å². The van der Waals surface area contributed by atoms with Gasteiger partial charge in [-0.25, -0.2) is 29.9 Å². The van der Waals surface area contributed by atoms with Gasteiger partial charge < -0.3 is 4.42 Å². The molecule has 112 heavy (non-hydrogen) atoms. The third-order valence-corrected chi connectivity index (χ3v) is 17.3. The molecule has 8 heteroatoms. The number of rotatable bonds is 14. The lowest BCUT2D eigenvalue weighted by Crippen LogP contribution is -2.00. The van der Waals surface area contributed by atoms with Crippen LogP contribution in [0.5, 0.6) is 0 Å². The van der Waals surface area contributed by atoms with E-state index in [1.54, 1.807) is 0 Å². The highest BCUT2D eigenvalue weighted by molar-refractivity contribution is 7.27. The molecule has 16 aromatic carbocycles. The van der Waals surface area contributed by atoms with E-state index in [4.69, 9.17) is 63.4 Å². The Morgan fingerprint density at radius 1 is 0.196 bits per heavy atom. The van der Waals surface area contributed by atoms with Crippen LogP contribution in [0.25, 0.3) is 199 Å². The summed E-state index contributed by atoms with van der Waals surface area (Å²) in [6.07, 6.45) is 0. The van der Waals surface area contributed by atoms with Crippen molar-refractivity contribution < 1.29 is 92.1 Å². The lowest BCUT2D eigenvalue weighted by molar-refractivity contribution is 0.671. The van der Waals surface area contributed by atoms with E-state index in [0.29, 0.717) is 11.3 Å². The largest absolute Gasteiger partial charge is 0.455 e. The second-order valence-corrected chi connectivity index (χ2v) is 24.2. The van der Waals surface area contributed by atoms with E-state index in [1.807, 2.05) is 0 Å². The van der Waals surface area contributed by atoms with E-state index in [0.717, 1.165) is 0 Å². The average Bonchev–Trinajstić information content (AvgIpc) is 1.53. The number of thiophene rings is 1. The Kier molecular flexibility index (Phi) is 7.55. The van der Waals surface area contributed by atoms with E-state index >= 15 is 0 Å². The Morgan fingerprint density at radius 2 is 0.500 bits per heavy atom. The second kappa shape index (κ2) is 30.0. The van der Waals surface area contributed by atoms with Gasteiger partial charge in [0.05, 0.1) is 87.7 Å². The third kappa shape index (κ3) is 13.7. The molecule has 4 heterocycles. The molecule has 0 atom stereocenters. The Hall–Kier alpha value is -14.4. The molecule has 0 amide bonds. The molecular weight excluding hydrogens is 1380 g/mol. The van der Waals surface area contributed by atoms with Crippen molar-refractivity contribution in [2.24, 2.45) is 0 Å². The van der Waals surface area contributed by atoms with Crippen molar-refractivity contribution in [2.45, 2.75) is 13.8 Å². The molecular formula is C104H70N6OS. The number of fused-ring (bicyclic) bond motifs is 6. The van der Waals surface area contributed by atoms with Crippen LogP contribution in [0.15, 0.2) is 391 Å². The fraction of sp³-hybridized carbons (Fsp3) is 0.0192. The van der Waals surface area contributed by atoms with E-state index < -0.39 is 586 Å². The Bertz CT molecular complexity index is 10100. The normalized spacial score (nSPS) is 19.3. The minimum Gasteiger partial charge on any atom is -0.455 e. The number of para-hydroxylation sites is 1. The van der Waals surface area contributed by atoms with E-state index in [1.165, 1.54) is 13.8 Å². The van der Waals surface area contributed by atoms with Gasteiger partial charge in [-0.15, -0.1) is 11.3 Å². The first-order valence-corrected chi connectivity index (χ1v) is 33.3. The van der Waals surface area contributed by atoms with Gasteiger partial charge in [0.25, 0.3) is 0 Å². The van der Waals surface area contributed by atoms with Crippen LogP contribution < -0.4 is 0 Å².